The number of benzene rings is 1. The van der Waals surface area contributed by atoms with E-state index in [0.29, 0.717) is 12.3 Å². The molecule has 0 amide bonds. The lowest BCUT2D eigenvalue weighted by Gasteiger charge is -1.97. The molecule has 0 spiro atoms. The van der Waals surface area contributed by atoms with Gasteiger partial charge in [0.25, 0.3) is 0 Å². The number of ether oxygens (including phenoxy) is 1. The van der Waals surface area contributed by atoms with Crippen LogP contribution in [0.2, 0.25) is 0 Å². The normalized spacial score (nSPS) is 10.2. The molecule has 1 heterocycles. The number of nitrogens with zero attached hydrogens (tertiary/aromatic N) is 2. The lowest BCUT2D eigenvalue weighted by molar-refractivity contribution is 0.0554. The van der Waals surface area contributed by atoms with Gasteiger partial charge in [0.15, 0.2) is 0 Å². The van der Waals surface area contributed by atoms with Crippen molar-refractivity contribution in [2.24, 2.45) is 0 Å². The van der Waals surface area contributed by atoms with Gasteiger partial charge in [-0.3, -0.25) is 0 Å². The molecule has 0 fully saturated rings. The van der Waals surface area contributed by atoms with Crippen LogP contribution in [-0.4, -0.2) is 23.3 Å². The van der Waals surface area contributed by atoms with Crippen molar-refractivity contribution >= 4 is 21.9 Å². The van der Waals surface area contributed by atoms with Crippen LogP contribution < -0.4 is 0 Å². The first-order valence-electron chi connectivity index (χ1n) is 4.84. The number of carbonyl (C=O) groups is 1. The Morgan fingerprint density at radius 2 is 2.29 bits per heavy atom. The Bertz CT molecular complexity index is 539. The topological polar surface area (TPSA) is 65.2 Å². The summed E-state index contributed by atoms with van der Waals surface area (Å²) in [4.78, 5) is 11.1. The Hall–Kier alpha value is -1.69. The zero-order valence-electron chi connectivity index (χ0n) is 9.01. The molecule has 88 valence electrons. The molecule has 2 aromatic rings. The minimum absolute atomic E-state index is 0.127. The molecule has 0 saturated heterocycles. The van der Waals surface area contributed by atoms with Gasteiger partial charge >= 0.3 is 11.9 Å². The van der Waals surface area contributed by atoms with Crippen molar-refractivity contribution in [3.05, 3.63) is 46.1 Å². The standard InChI is InChI=1S/C11H9BrN2O3/c1-16-11(15)10-14-13-9(17-10)6-7-3-2-4-8(12)5-7/h2-5H,6H2,1H3. The molecule has 5 nitrogen and oxygen atoms in total. The molecule has 1 aromatic carbocycles. The number of hydrogen-bond acceptors (Lipinski definition) is 5. The SMILES string of the molecule is COC(=O)c1nnc(Cc2cccc(Br)c2)o1. The summed E-state index contributed by atoms with van der Waals surface area (Å²) in [7, 11) is 1.26. The van der Waals surface area contributed by atoms with Gasteiger partial charge in [-0.2, -0.15) is 0 Å². The number of carbonyl (C=O) groups excluding carboxylic acids is 1. The Morgan fingerprint density at radius 3 is 3.00 bits per heavy atom. The van der Waals surface area contributed by atoms with Crippen LogP contribution in [0, 0.1) is 0 Å². The van der Waals surface area contributed by atoms with E-state index in [1.165, 1.54) is 7.11 Å². The van der Waals surface area contributed by atoms with Gasteiger partial charge < -0.3 is 9.15 Å². The van der Waals surface area contributed by atoms with Gasteiger partial charge in [-0.15, -0.1) is 10.2 Å². The van der Waals surface area contributed by atoms with Crippen molar-refractivity contribution in [3.8, 4) is 0 Å². The fourth-order valence-corrected chi connectivity index (χ4v) is 1.76. The summed E-state index contributed by atoms with van der Waals surface area (Å²) in [6, 6.07) is 7.73. The third kappa shape index (κ3) is 2.91. The van der Waals surface area contributed by atoms with Crippen molar-refractivity contribution in [1.29, 1.82) is 0 Å². The maximum Gasteiger partial charge on any atom is 0.396 e. The Morgan fingerprint density at radius 1 is 1.47 bits per heavy atom. The Labute approximate surface area is 106 Å². The highest BCUT2D eigenvalue weighted by Crippen LogP contribution is 2.14. The molecule has 0 radical (unpaired) electrons. The minimum Gasteiger partial charge on any atom is -0.462 e. The summed E-state index contributed by atoms with van der Waals surface area (Å²) in [5.74, 6) is -0.376. The zero-order valence-corrected chi connectivity index (χ0v) is 10.6. The van der Waals surface area contributed by atoms with Crippen LogP contribution >= 0.6 is 15.9 Å². The summed E-state index contributed by atoms with van der Waals surface area (Å²) >= 11 is 3.37. The van der Waals surface area contributed by atoms with Crippen molar-refractivity contribution in [3.63, 3.8) is 0 Å². The third-order valence-corrected chi connectivity index (χ3v) is 2.56. The van der Waals surface area contributed by atoms with Crippen LogP contribution in [0.4, 0.5) is 0 Å². The van der Waals surface area contributed by atoms with Crippen LogP contribution in [0.25, 0.3) is 0 Å². The molecule has 0 saturated carbocycles. The summed E-state index contributed by atoms with van der Waals surface area (Å²) in [6.45, 7) is 0. The fraction of sp³-hybridized carbons (Fsp3) is 0.182. The molecule has 1 aromatic heterocycles. The Kier molecular flexibility index (Phi) is 3.53. The second-order valence-corrected chi connectivity index (χ2v) is 4.21. The van der Waals surface area contributed by atoms with Gasteiger partial charge in [0.05, 0.1) is 13.5 Å². The van der Waals surface area contributed by atoms with Crippen LogP contribution in [0.3, 0.4) is 0 Å². The number of hydrogen-bond donors (Lipinski definition) is 0. The first-order valence-corrected chi connectivity index (χ1v) is 5.63. The molecule has 0 aliphatic rings. The third-order valence-electron chi connectivity index (χ3n) is 2.07. The molecule has 0 atom stereocenters. The average Bonchev–Trinajstić information content (AvgIpc) is 2.76. The second-order valence-electron chi connectivity index (χ2n) is 3.30. The van der Waals surface area contributed by atoms with E-state index in [-0.39, 0.29) is 5.89 Å². The van der Waals surface area contributed by atoms with Crippen LogP contribution in [0.1, 0.15) is 22.1 Å². The predicted molar refractivity (Wildman–Crippen MR) is 62.6 cm³/mol. The smallest absolute Gasteiger partial charge is 0.396 e. The highest BCUT2D eigenvalue weighted by molar-refractivity contribution is 9.10. The maximum absolute atomic E-state index is 11.1. The van der Waals surface area contributed by atoms with E-state index in [1.807, 2.05) is 24.3 Å². The van der Waals surface area contributed by atoms with Crippen molar-refractivity contribution in [2.75, 3.05) is 7.11 Å². The molecular formula is C11H9BrN2O3. The molecule has 17 heavy (non-hydrogen) atoms. The largest absolute Gasteiger partial charge is 0.462 e. The highest BCUT2D eigenvalue weighted by Gasteiger charge is 2.14. The average molecular weight is 297 g/mol. The number of esters is 1. The van der Waals surface area contributed by atoms with Gasteiger partial charge in [0.2, 0.25) is 5.89 Å². The summed E-state index contributed by atoms with van der Waals surface area (Å²) in [6.07, 6.45) is 0.476. The van der Waals surface area contributed by atoms with E-state index in [9.17, 15) is 4.79 Å². The van der Waals surface area contributed by atoms with Gasteiger partial charge in [0, 0.05) is 4.47 Å². The number of rotatable bonds is 3. The lowest BCUT2D eigenvalue weighted by atomic mass is 10.1. The fourth-order valence-electron chi connectivity index (χ4n) is 1.32. The van der Waals surface area contributed by atoms with Crippen LogP contribution in [0.5, 0.6) is 0 Å². The first kappa shape index (κ1) is 11.8. The predicted octanol–water partition coefficient (Wildman–Crippen LogP) is 2.21. The van der Waals surface area contributed by atoms with E-state index < -0.39 is 5.97 Å². The molecular weight excluding hydrogens is 288 g/mol. The molecule has 2 rings (SSSR count). The van der Waals surface area contributed by atoms with Crippen LogP contribution in [0.15, 0.2) is 33.2 Å². The van der Waals surface area contributed by atoms with Crippen molar-refractivity contribution in [1.82, 2.24) is 10.2 Å². The van der Waals surface area contributed by atoms with E-state index >= 15 is 0 Å². The second kappa shape index (κ2) is 5.09. The minimum atomic E-state index is -0.627. The van der Waals surface area contributed by atoms with Crippen LogP contribution in [-0.2, 0) is 11.2 Å². The molecule has 6 heteroatoms. The number of halogens is 1. The molecule has 0 aliphatic carbocycles. The van der Waals surface area contributed by atoms with Crippen molar-refractivity contribution < 1.29 is 13.9 Å². The van der Waals surface area contributed by atoms with E-state index in [0.717, 1.165) is 10.0 Å². The lowest BCUT2D eigenvalue weighted by Crippen LogP contribution is -2.00. The summed E-state index contributed by atoms with van der Waals surface area (Å²) < 4.78 is 10.6. The quantitative estimate of drug-likeness (QED) is 0.813. The molecule has 0 unspecified atom stereocenters. The highest BCUT2D eigenvalue weighted by atomic mass is 79.9. The van der Waals surface area contributed by atoms with Gasteiger partial charge in [-0.1, -0.05) is 28.1 Å². The summed E-state index contributed by atoms with van der Waals surface area (Å²) in [5, 5.41) is 7.38. The van der Waals surface area contributed by atoms with E-state index in [2.05, 4.69) is 30.9 Å². The summed E-state index contributed by atoms with van der Waals surface area (Å²) in [5.41, 5.74) is 1.01. The monoisotopic (exact) mass is 296 g/mol. The number of methoxy groups -OCH3 is 1. The van der Waals surface area contributed by atoms with E-state index in [1.54, 1.807) is 0 Å². The molecule has 0 bridgehead atoms. The van der Waals surface area contributed by atoms with E-state index in [4.69, 9.17) is 4.42 Å². The van der Waals surface area contributed by atoms with Crippen molar-refractivity contribution in [2.45, 2.75) is 6.42 Å². The number of aromatic nitrogens is 2. The molecule has 0 N–H and O–H groups in total. The van der Waals surface area contributed by atoms with Gasteiger partial charge in [0.1, 0.15) is 0 Å². The maximum atomic E-state index is 11.1. The Balaban J connectivity index is 2.14. The first-order chi connectivity index (χ1) is 8.19. The van der Waals surface area contributed by atoms with Gasteiger partial charge in [-0.25, -0.2) is 4.79 Å². The molecule has 0 aliphatic heterocycles. The zero-order chi connectivity index (χ0) is 12.3. The van der Waals surface area contributed by atoms with Gasteiger partial charge in [-0.05, 0) is 17.7 Å².